The number of hydrogen-bond acceptors (Lipinski definition) is 3. The Morgan fingerprint density at radius 3 is 2.50 bits per heavy atom. The molecule has 0 saturated carbocycles. The Kier molecular flexibility index (Phi) is 5.22. The third-order valence-corrected chi connectivity index (χ3v) is 7.40. The van der Waals surface area contributed by atoms with E-state index >= 15 is 0 Å². The molecule has 4 rings (SSSR count). The summed E-state index contributed by atoms with van der Waals surface area (Å²) in [6.45, 7) is 1.15. The second-order valence-electron chi connectivity index (χ2n) is 6.57. The van der Waals surface area contributed by atoms with Crippen LogP contribution in [0.2, 0.25) is 5.02 Å². The van der Waals surface area contributed by atoms with Gasteiger partial charge in [0.2, 0.25) is 10.0 Å². The summed E-state index contributed by atoms with van der Waals surface area (Å²) in [5.74, 6) is -0.132. The number of carbonyl (C=O) groups is 1. The summed E-state index contributed by atoms with van der Waals surface area (Å²) in [4.78, 5) is 17.8. The number of amides is 1. The normalized spacial score (nSPS) is 15.9. The maximum Gasteiger partial charge on any atom is 0.270 e. The van der Waals surface area contributed by atoms with E-state index in [9.17, 15) is 13.2 Å². The van der Waals surface area contributed by atoms with E-state index in [1.54, 1.807) is 17.0 Å². The van der Waals surface area contributed by atoms with Crippen molar-refractivity contribution in [2.75, 3.05) is 26.2 Å². The smallest absolute Gasteiger partial charge is 0.270 e. The molecule has 2 heterocycles. The van der Waals surface area contributed by atoms with E-state index in [0.717, 1.165) is 15.4 Å². The Balaban J connectivity index is 1.48. The van der Waals surface area contributed by atoms with Crippen molar-refractivity contribution >= 4 is 54.4 Å². The Bertz CT molecular complexity index is 1150. The number of H-pyrrole nitrogens is 1. The number of sulfonamides is 1. The lowest BCUT2D eigenvalue weighted by Crippen LogP contribution is -2.50. The van der Waals surface area contributed by atoms with Gasteiger partial charge in [0.15, 0.2) is 0 Å². The molecular formula is C19H17BrClN3O3S. The van der Waals surface area contributed by atoms with E-state index in [1.807, 2.05) is 24.3 Å². The molecule has 1 saturated heterocycles. The fourth-order valence-electron chi connectivity index (χ4n) is 3.29. The van der Waals surface area contributed by atoms with Crippen molar-refractivity contribution in [2.24, 2.45) is 0 Å². The largest absolute Gasteiger partial charge is 0.350 e. The third-order valence-electron chi connectivity index (χ3n) is 4.77. The molecule has 28 heavy (non-hydrogen) atoms. The summed E-state index contributed by atoms with van der Waals surface area (Å²) in [6, 6.07) is 13.8. The quantitative estimate of drug-likeness (QED) is 0.618. The highest BCUT2D eigenvalue weighted by molar-refractivity contribution is 9.10. The van der Waals surface area contributed by atoms with Crippen LogP contribution in [0.15, 0.2) is 57.9 Å². The fourth-order valence-corrected chi connectivity index (χ4v) is 5.38. The van der Waals surface area contributed by atoms with Gasteiger partial charge in [-0.15, -0.1) is 0 Å². The van der Waals surface area contributed by atoms with Gasteiger partial charge in [-0.3, -0.25) is 4.79 Å². The number of carbonyl (C=O) groups excluding carboxylic acids is 1. The van der Waals surface area contributed by atoms with Crippen LogP contribution in [0.25, 0.3) is 10.9 Å². The molecule has 146 valence electrons. The Hall–Kier alpha value is -1.87. The Morgan fingerprint density at radius 2 is 1.79 bits per heavy atom. The van der Waals surface area contributed by atoms with Crippen molar-refractivity contribution in [1.29, 1.82) is 0 Å². The van der Waals surface area contributed by atoms with Crippen LogP contribution in [0.5, 0.6) is 0 Å². The number of fused-ring (bicyclic) bond motifs is 1. The van der Waals surface area contributed by atoms with Crippen LogP contribution >= 0.6 is 27.5 Å². The topological polar surface area (TPSA) is 73.5 Å². The maximum atomic E-state index is 12.8. The predicted octanol–water partition coefficient (Wildman–Crippen LogP) is 3.73. The summed E-state index contributed by atoms with van der Waals surface area (Å²) >= 11 is 9.34. The second kappa shape index (κ2) is 7.51. The second-order valence-corrected chi connectivity index (χ2v) is 9.86. The fraction of sp³-hybridized carbons (Fsp3) is 0.211. The van der Waals surface area contributed by atoms with Gasteiger partial charge < -0.3 is 9.88 Å². The zero-order valence-corrected chi connectivity index (χ0v) is 17.9. The van der Waals surface area contributed by atoms with Gasteiger partial charge in [-0.05, 0) is 36.4 Å². The summed E-state index contributed by atoms with van der Waals surface area (Å²) < 4.78 is 27.9. The molecule has 0 unspecified atom stereocenters. The van der Waals surface area contributed by atoms with E-state index in [2.05, 4.69) is 20.9 Å². The van der Waals surface area contributed by atoms with Crippen LogP contribution < -0.4 is 0 Å². The number of aromatic amines is 1. The molecule has 1 aromatic heterocycles. The number of nitrogens with one attached hydrogen (secondary N) is 1. The maximum absolute atomic E-state index is 12.8. The number of piperazine rings is 1. The van der Waals surface area contributed by atoms with Gasteiger partial charge in [0, 0.05) is 46.6 Å². The first-order chi connectivity index (χ1) is 13.3. The van der Waals surface area contributed by atoms with Crippen LogP contribution in [0, 0.1) is 0 Å². The molecule has 9 heteroatoms. The lowest BCUT2D eigenvalue weighted by atomic mass is 10.2. The number of rotatable bonds is 3. The van der Waals surface area contributed by atoms with Crippen LogP contribution in [0.1, 0.15) is 10.5 Å². The molecule has 2 aromatic carbocycles. The van der Waals surface area contributed by atoms with Crippen molar-refractivity contribution in [1.82, 2.24) is 14.2 Å². The molecule has 1 N–H and O–H groups in total. The molecule has 1 fully saturated rings. The van der Waals surface area contributed by atoms with Crippen molar-refractivity contribution in [3.63, 3.8) is 0 Å². The first-order valence-electron chi connectivity index (χ1n) is 8.68. The summed E-state index contributed by atoms with van der Waals surface area (Å²) in [7, 11) is -3.63. The average Bonchev–Trinajstić information content (AvgIpc) is 3.10. The monoisotopic (exact) mass is 481 g/mol. The van der Waals surface area contributed by atoms with Gasteiger partial charge >= 0.3 is 0 Å². The molecule has 0 radical (unpaired) electrons. The highest BCUT2D eigenvalue weighted by Crippen LogP contribution is 2.23. The van der Waals surface area contributed by atoms with Crippen LogP contribution in [-0.4, -0.2) is 54.7 Å². The van der Waals surface area contributed by atoms with Gasteiger partial charge in [-0.2, -0.15) is 4.31 Å². The van der Waals surface area contributed by atoms with Gasteiger partial charge in [0.1, 0.15) is 5.69 Å². The van der Waals surface area contributed by atoms with E-state index in [0.29, 0.717) is 23.8 Å². The third kappa shape index (κ3) is 3.69. The molecular weight excluding hydrogens is 466 g/mol. The van der Waals surface area contributed by atoms with E-state index in [4.69, 9.17) is 11.6 Å². The van der Waals surface area contributed by atoms with Crippen LogP contribution in [0.4, 0.5) is 0 Å². The minimum Gasteiger partial charge on any atom is -0.350 e. The molecule has 1 aliphatic heterocycles. The van der Waals surface area contributed by atoms with E-state index < -0.39 is 10.0 Å². The van der Waals surface area contributed by atoms with E-state index in [1.165, 1.54) is 16.4 Å². The highest BCUT2D eigenvalue weighted by Gasteiger charge is 2.31. The predicted molar refractivity (Wildman–Crippen MR) is 112 cm³/mol. The van der Waals surface area contributed by atoms with E-state index in [-0.39, 0.29) is 23.9 Å². The summed E-state index contributed by atoms with van der Waals surface area (Å²) in [5.41, 5.74) is 1.37. The zero-order chi connectivity index (χ0) is 19.9. The van der Waals surface area contributed by atoms with Crippen molar-refractivity contribution in [3.8, 4) is 0 Å². The number of aromatic nitrogens is 1. The van der Waals surface area contributed by atoms with Gasteiger partial charge in [0.05, 0.1) is 4.90 Å². The van der Waals surface area contributed by atoms with Crippen molar-refractivity contribution in [2.45, 2.75) is 4.90 Å². The van der Waals surface area contributed by atoms with Gasteiger partial charge in [-0.25, -0.2) is 8.42 Å². The zero-order valence-electron chi connectivity index (χ0n) is 14.7. The minimum atomic E-state index is -3.63. The molecule has 1 amide bonds. The first kappa shape index (κ1) is 19.4. The SMILES string of the molecule is O=C(c1cc2ccc(Br)cc2[nH]1)N1CCN(S(=O)(=O)c2cccc(Cl)c2)CC1. The molecule has 0 atom stereocenters. The first-order valence-corrected chi connectivity index (χ1v) is 11.3. The van der Waals surface area contributed by atoms with Crippen molar-refractivity contribution in [3.05, 3.63) is 63.7 Å². The number of halogens is 2. The summed E-state index contributed by atoms with van der Waals surface area (Å²) in [6.07, 6.45) is 0. The molecule has 0 spiro atoms. The van der Waals surface area contributed by atoms with Gasteiger partial charge in [-0.1, -0.05) is 39.7 Å². The molecule has 3 aromatic rings. The number of hydrogen-bond donors (Lipinski definition) is 1. The lowest BCUT2D eigenvalue weighted by molar-refractivity contribution is 0.0693. The average molecular weight is 483 g/mol. The lowest BCUT2D eigenvalue weighted by Gasteiger charge is -2.33. The standard InChI is InChI=1S/C19H17BrClN3O3S/c20-14-5-4-13-10-18(22-17(13)11-14)19(25)23-6-8-24(9-7-23)28(26,27)16-3-1-2-15(21)12-16/h1-5,10-12,22H,6-9H2. The Morgan fingerprint density at radius 1 is 1.04 bits per heavy atom. The minimum absolute atomic E-state index is 0.132. The Labute approximate surface area is 176 Å². The number of nitrogens with zero attached hydrogens (tertiary/aromatic N) is 2. The summed E-state index contributed by atoms with van der Waals surface area (Å²) in [5, 5.41) is 1.33. The van der Waals surface area contributed by atoms with Crippen LogP contribution in [0.3, 0.4) is 0 Å². The van der Waals surface area contributed by atoms with Crippen LogP contribution in [-0.2, 0) is 10.0 Å². The molecule has 6 nitrogen and oxygen atoms in total. The molecule has 1 aliphatic rings. The van der Waals surface area contributed by atoms with Crippen molar-refractivity contribution < 1.29 is 13.2 Å². The number of benzene rings is 2. The van der Waals surface area contributed by atoms with Gasteiger partial charge in [0.25, 0.3) is 5.91 Å². The molecule has 0 aliphatic carbocycles. The highest BCUT2D eigenvalue weighted by atomic mass is 79.9. The molecule has 0 bridgehead atoms.